The van der Waals surface area contributed by atoms with Crippen LogP contribution in [-0.4, -0.2) is 26.6 Å². The van der Waals surface area contributed by atoms with Gasteiger partial charge in [0, 0.05) is 6.20 Å². The SMILES string of the molecule is CC(C)(N)C(=O)Nc1nnc(-c2ccccn2)s1. The normalized spacial score (nSPS) is 11.3. The van der Waals surface area contributed by atoms with E-state index in [1.54, 1.807) is 20.0 Å². The second kappa shape index (κ2) is 4.79. The predicted molar refractivity (Wildman–Crippen MR) is 70.0 cm³/mol. The van der Waals surface area contributed by atoms with Crippen molar-refractivity contribution in [3.8, 4) is 10.7 Å². The van der Waals surface area contributed by atoms with Gasteiger partial charge in [-0.15, -0.1) is 10.2 Å². The quantitative estimate of drug-likeness (QED) is 0.869. The Morgan fingerprint density at radius 3 is 2.78 bits per heavy atom. The van der Waals surface area contributed by atoms with Crippen molar-refractivity contribution >= 4 is 22.4 Å². The molecule has 0 aliphatic carbocycles. The highest BCUT2D eigenvalue weighted by Crippen LogP contribution is 2.24. The first-order chi connectivity index (χ1) is 8.47. The topological polar surface area (TPSA) is 93.8 Å². The lowest BCUT2D eigenvalue weighted by atomic mass is 10.1. The smallest absolute Gasteiger partial charge is 0.245 e. The minimum atomic E-state index is -0.948. The molecule has 0 unspecified atom stereocenters. The summed E-state index contributed by atoms with van der Waals surface area (Å²) >= 11 is 1.26. The Hall–Kier alpha value is -1.86. The fraction of sp³-hybridized carbons (Fsp3) is 0.273. The van der Waals surface area contributed by atoms with Gasteiger partial charge in [-0.1, -0.05) is 17.4 Å². The highest BCUT2D eigenvalue weighted by Gasteiger charge is 2.23. The monoisotopic (exact) mass is 263 g/mol. The van der Waals surface area contributed by atoms with Gasteiger partial charge in [0.05, 0.1) is 5.54 Å². The number of aromatic nitrogens is 3. The van der Waals surface area contributed by atoms with Crippen molar-refractivity contribution in [3.63, 3.8) is 0 Å². The van der Waals surface area contributed by atoms with E-state index in [1.165, 1.54) is 11.3 Å². The number of hydrogen-bond acceptors (Lipinski definition) is 6. The van der Waals surface area contributed by atoms with Gasteiger partial charge in [0.25, 0.3) is 0 Å². The van der Waals surface area contributed by atoms with E-state index in [1.807, 2.05) is 18.2 Å². The lowest BCUT2D eigenvalue weighted by Gasteiger charge is -2.15. The molecular weight excluding hydrogens is 250 g/mol. The molecule has 2 rings (SSSR count). The third-order valence-electron chi connectivity index (χ3n) is 2.11. The molecule has 2 aromatic heterocycles. The molecule has 6 nitrogen and oxygen atoms in total. The number of nitrogens with two attached hydrogens (primary N) is 1. The number of anilines is 1. The molecule has 0 aliphatic rings. The van der Waals surface area contributed by atoms with Crippen LogP contribution < -0.4 is 11.1 Å². The van der Waals surface area contributed by atoms with Crippen LogP contribution >= 0.6 is 11.3 Å². The summed E-state index contributed by atoms with van der Waals surface area (Å²) in [5.41, 5.74) is 5.45. The molecule has 0 saturated heterocycles. The van der Waals surface area contributed by atoms with Gasteiger partial charge in [-0.05, 0) is 26.0 Å². The minimum absolute atomic E-state index is 0.300. The van der Waals surface area contributed by atoms with Crippen LogP contribution in [0.25, 0.3) is 10.7 Å². The Balaban J connectivity index is 2.15. The number of nitrogens with zero attached hydrogens (tertiary/aromatic N) is 3. The van der Waals surface area contributed by atoms with Crippen molar-refractivity contribution < 1.29 is 4.79 Å². The molecule has 94 valence electrons. The Morgan fingerprint density at radius 2 is 2.17 bits per heavy atom. The zero-order chi connectivity index (χ0) is 13.2. The molecule has 2 aromatic rings. The number of nitrogens with one attached hydrogen (secondary N) is 1. The van der Waals surface area contributed by atoms with E-state index in [4.69, 9.17) is 5.73 Å². The molecule has 0 spiro atoms. The van der Waals surface area contributed by atoms with Gasteiger partial charge in [0.2, 0.25) is 11.0 Å². The molecule has 7 heteroatoms. The lowest BCUT2D eigenvalue weighted by molar-refractivity contribution is -0.120. The molecular formula is C11H13N5OS. The van der Waals surface area contributed by atoms with E-state index < -0.39 is 5.54 Å². The first kappa shape index (κ1) is 12.6. The van der Waals surface area contributed by atoms with Crippen molar-refractivity contribution in [2.24, 2.45) is 5.73 Å². The standard InChI is InChI=1S/C11H13N5OS/c1-11(2,12)9(17)14-10-16-15-8(18-10)7-5-3-4-6-13-7/h3-6H,12H2,1-2H3,(H,14,16,17). The van der Waals surface area contributed by atoms with Crippen LogP contribution in [0.4, 0.5) is 5.13 Å². The third kappa shape index (κ3) is 2.88. The largest absolute Gasteiger partial charge is 0.318 e. The summed E-state index contributed by atoms with van der Waals surface area (Å²) in [5, 5.41) is 11.6. The Bertz CT molecular complexity index is 546. The molecule has 2 heterocycles. The van der Waals surface area contributed by atoms with Crippen LogP contribution in [0.3, 0.4) is 0 Å². The highest BCUT2D eigenvalue weighted by atomic mass is 32.1. The van der Waals surface area contributed by atoms with E-state index in [2.05, 4.69) is 20.5 Å². The predicted octanol–water partition coefficient (Wildman–Crippen LogP) is 1.28. The maximum Gasteiger partial charge on any atom is 0.245 e. The van der Waals surface area contributed by atoms with E-state index in [0.29, 0.717) is 10.1 Å². The second-order valence-corrected chi connectivity index (χ2v) is 5.28. The molecule has 0 fully saturated rings. The molecule has 0 aliphatic heterocycles. The van der Waals surface area contributed by atoms with Gasteiger partial charge < -0.3 is 5.73 Å². The zero-order valence-electron chi connectivity index (χ0n) is 10.0. The number of carbonyl (C=O) groups is 1. The van der Waals surface area contributed by atoms with Gasteiger partial charge in [0.15, 0.2) is 5.01 Å². The van der Waals surface area contributed by atoms with Crippen LogP contribution in [0, 0.1) is 0 Å². The van der Waals surface area contributed by atoms with E-state index in [9.17, 15) is 4.79 Å². The van der Waals surface area contributed by atoms with Gasteiger partial charge in [0.1, 0.15) is 5.69 Å². The van der Waals surface area contributed by atoms with Crippen LogP contribution in [0.15, 0.2) is 24.4 Å². The molecule has 18 heavy (non-hydrogen) atoms. The summed E-state index contributed by atoms with van der Waals surface area (Å²) in [4.78, 5) is 15.8. The molecule has 0 atom stereocenters. The van der Waals surface area contributed by atoms with Crippen molar-refractivity contribution in [1.29, 1.82) is 0 Å². The van der Waals surface area contributed by atoms with E-state index in [0.717, 1.165) is 5.69 Å². The van der Waals surface area contributed by atoms with Crippen molar-refractivity contribution in [2.75, 3.05) is 5.32 Å². The summed E-state index contributed by atoms with van der Waals surface area (Å²) in [7, 11) is 0. The van der Waals surface area contributed by atoms with Crippen LogP contribution in [0.5, 0.6) is 0 Å². The fourth-order valence-corrected chi connectivity index (χ4v) is 1.84. The van der Waals surface area contributed by atoms with E-state index in [-0.39, 0.29) is 5.91 Å². The zero-order valence-corrected chi connectivity index (χ0v) is 10.9. The molecule has 1 amide bonds. The van der Waals surface area contributed by atoms with E-state index >= 15 is 0 Å². The Labute approximate surface area is 108 Å². The molecule has 0 radical (unpaired) electrons. The van der Waals surface area contributed by atoms with Crippen molar-refractivity contribution in [1.82, 2.24) is 15.2 Å². The summed E-state index contributed by atoms with van der Waals surface area (Å²) in [6.45, 7) is 3.26. The summed E-state index contributed by atoms with van der Waals surface area (Å²) in [6, 6.07) is 5.52. The number of hydrogen-bond donors (Lipinski definition) is 2. The molecule has 3 N–H and O–H groups in total. The summed E-state index contributed by atoms with van der Waals surface area (Å²) in [6.07, 6.45) is 1.68. The van der Waals surface area contributed by atoms with Crippen LogP contribution in [0.2, 0.25) is 0 Å². The van der Waals surface area contributed by atoms with Gasteiger partial charge in [-0.3, -0.25) is 15.1 Å². The summed E-state index contributed by atoms with van der Waals surface area (Å²) in [5.74, 6) is -0.300. The number of amides is 1. The second-order valence-electron chi connectivity index (χ2n) is 4.30. The van der Waals surface area contributed by atoms with Crippen LogP contribution in [-0.2, 0) is 4.79 Å². The average Bonchev–Trinajstić information content (AvgIpc) is 2.77. The number of carbonyl (C=O) groups excluding carboxylic acids is 1. The minimum Gasteiger partial charge on any atom is -0.318 e. The van der Waals surface area contributed by atoms with Crippen molar-refractivity contribution in [2.45, 2.75) is 19.4 Å². The van der Waals surface area contributed by atoms with Gasteiger partial charge in [-0.25, -0.2) is 0 Å². The maximum atomic E-state index is 11.7. The Morgan fingerprint density at radius 1 is 1.39 bits per heavy atom. The van der Waals surface area contributed by atoms with Gasteiger partial charge >= 0.3 is 0 Å². The Kier molecular flexibility index (Phi) is 3.35. The highest BCUT2D eigenvalue weighted by molar-refractivity contribution is 7.18. The van der Waals surface area contributed by atoms with Crippen LogP contribution in [0.1, 0.15) is 13.8 Å². The lowest BCUT2D eigenvalue weighted by Crippen LogP contribution is -2.45. The van der Waals surface area contributed by atoms with Crippen molar-refractivity contribution in [3.05, 3.63) is 24.4 Å². The maximum absolute atomic E-state index is 11.7. The summed E-state index contributed by atoms with van der Waals surface area (Å²) < 4.78 is 0. The number of pyridine rings is 1. The molecule has 0 aromatic carbocycles. The third-order valence-corrected chi connectivity index (χ3v) is 2.98. The average molecular weight is 263 g/mol. The first-order valence-electron chi connectivity index (χ1n) is 5.32. The molecule has 0 saturated carbocycles. The fourth-order valence-electron chi connectivity index (χ4n) is 1.12. The van der Waals surface area contributed by atoms with Gasteiger partial charge in [-0.2, -0.15) is 0 Å². The molecule has 0 bridgehead atoms. The number of rotatable bonds is 3. The first-order valence-corrected chi connectivity index (χ1v) is 6.14.